The minimum Gasteiger partial charge on any atom is -0.394 e. The van der Waals surface area contributed by atoms with Crippen LogP contribution in [0, 0.1) is 41.7 Å². The third-order valence-electron chi connectivity index (χ3n) is 9.19. The van der Waals surface area contributed by atoms with Crippen molar-refractivity contribution in [3.05, 3.63) is 114 Å². The SMILES string of the molecule is N#Cc1cc([N+](=O)[O-])c(N(Cc2ccccc2[N+](=O)[O-])C(CO)C(=O)NC(C(=O)NC(N=C(N)N)C(=O)NC(N=C(N)N)C(=O)NC(N=C(N)N)C(=O)NC(N=C(N)N)C(N)=O)c2ccccc2)c([N+](=O)[O-])c1. The van der Waals surface area contributed by atoms with Crippen LogP contribution in [0.4, 0.5) is 22.7 Å². The number of anilines is 1. The summed E-state index contributed by atoms with van der Waals surface area (Å²) in [7, 11) is 0. The number of carbonyl (C=O) groups excluding carboxylic acids is 6. The first-order valence-corrected chi connectivity index (χ1v) is 20.0. The van der Waals surface area contributed by atoms with E-state index in [1.54, 1.807) is 0 Å². The summed E-state index contributed by atoms with van der Waals surface area (Å²) in [5.74, 6) is -11.8. The molecule has 6 atom stereocenters. The number of benzene rings is 3. The Morgan fingerprint density at radius 2 is 0.973 bits per heavy atom. The number of aliphatic hydroxyl groups excluding tert-OH is 1. The number of amides is 6. The molecule has 0 aromatic heterocycles. The number of nitrogens with two attached hydrogens (primary N) is 9. The predicted molar refractivity (Wildman–Crippen MR) is 252 cm³/mol. The summed E-state index contributed by atoms with van der Waals surface area (Å²) >= 11 is 0. The van der Waals surface area contributed by atoms with Gasteiger partial charge in [0.1, 0.15) is 12.1 Å². The van der Waals surface area contributed by atoms with E-state index in [2.05, 4.69) is 30.6 Å². The van der Waals surface area contributed by atoms with Crippen LogP contribution in [0.3, 0.4) is 0 Å². The number of nitrogens with zero attached hydrogens (tertiary/aromatic N) is 9. The van der Waals surface area contributed by atoms with Gasteiger partial charge in [0.25, 0.3) is 29.3 Å². The van der Waals surface area contributed by atoms with Crippen LogP contribution in [0.25, 0.3) is 0 Å². The van der Waals surface area contributed by atoms with Crippen LogP contribution in [0.2, 0.25) is 0 Å². The van der Waals surface area contributed by atoms with E-state index < -0.39 is 152 Å². The quantitative estimate of drug-likeness (QED) is 0.0172. The van der Waals surface area contributed by atoms with Gasteiger partial charge in [0.15, 0.2) is 29.5 Å². The molecule has 0 spiro atoms. The number of nitriles is 1. The van der Waals surface area contributed by atoms with E-state index in [9.17, 15) is 69.5 Å². The van der Waals surface area contributed by atoms with E-state index in [1.807, 2.05) is 16.0 Å². The molecule has 0 heterocycles. The maximum atomic E-state index is 14.5. The zero-order chi connectivity index (χ0) is 54.9. The lowest BCUT2D eigenvalue weighted by Crippen LogP contribution is -2.58. The Morgan fingerprint density at radius 1 is 0.575 bits per heavy atom. The third kappa shape index (κ3) is 15.8. The molecule has 386 valence electrons. The maximum absolute atomic E-state index is 14.5. The summed E-state index contributed by atoms with van der Waals surface area (Å²) in [5, 5.41) is 67.7. The Hall–Kier alpha value is -11.0. The Kier molecular flexibility index (Phi) is 19.6. The van der Waals surface area contributed by atoms with E-state index in [0.29, 0.717) is 17.0 Å². The molecule has 36 heteroatoms. The van der Waals surface area contributed by atoms with Gasteiger partial charge in [0.05, 0.1) is 39.6 Å². The first-order chi connectivity index (χ1) is 34.3. The molecule has 0 bridgehead atoms. The fourth-order valence-corrected chi connectivity index (χ4v) is 6.19. The second-order valence-corrected chi connectivity index (χ2v) is 14.3. The molecule has 0 aliphatic heterocycles. The predicted octanol–water partition coefficient (Wildman–Crippen LogP) is -7.14. The fourth-order valence-electron chi connectivity index (χ4n) is 6.19. The maximum Gasteiger partial charge on any atom is 0.301 e. The summed E-state index contributed by atoms with van der Waals surface area (Å²) < 4.78 is 0. The largest absolute Gasteiger partial charge is 0.394 e. The molecular weight excluding hydrogens is 975 g/mol. The lowest BCUT2D eigenvalue weighted by Gasteiger charge is -2.32. The topological polar surface area (TPSA) is 623 Å². The molecule has 3 aromatic rings. The second kappa shape index (κ2) is 25.4. The van der Waals surface area contributed by atoms with Gasteiger partial charge in [0.2, 0.25) is 36.5 Å². The number of primary amides is 1. The van der Waals surface area contributed by atoms with Gasteiger partial charge in [-0.15, -0.1) is 0 Å². The number of aliphatic imine (C=N–C) groups is 4. The monoisotopic (exact) mass is 1020 g/mol. The van der Waals surface area contributed by atoms with Crippen molar-refractivity contribution >= 4 is 82.0 Å². The van der Waals surface area contributed by atoms with E-state index in [-0.39, 0.29) is 11.1 Å². The van der Waals surface area contributed by atoms with Gasteiger partial charge in [-0.25, -0.2) is 20.0 Å². The number of hydrogen-bond acceptors (Lipinski definition) is 19. The number of nitro benzene ring substituents is 3. The number of guanidine groups is 4. The van der Waals surface area contributed by atoms with Crippen molar-refractivity contribution in [1.82, 2.24) is 26.6 Å². The average Bonchev–Trinajstić information content (AvgIpc) is 3.31. The van der Waals surface area contributed by atoms with Gasteiger partial charge < -0.3 is 88.2 Å². The summed E-state index contributed by atoms with van der Waals surface area (Å²) in [6.45, 7) is -2.31. The summed E-state index contributed by atoms with van der Waals surface area (Å²) in [6.07, 6.45) is -8.67. The second-order valence-electron chi connectivity index (χ2n) is 14.3. The molecule has 0 saturated heterocycles. The zero-order valence-corrected chi connectivity index (χ0v) is 37.3. The van der Waals surface area contributed by atoms with Crippen molar-refractivity contribution in [2.75, 3.05) is 11.5 Å². The Labute approximate surface area is 408 Å². The van der Waals surface area contributed by atoms with Gasteiger partial charge in [-0.3, -0.25) is 59.1 Å². The molecule has 0 aliphatic rings. The minimum absolute atomic E-state index is 0.102. The average molecular weight is 1020 g/mol. The fraction of sp³-hybridized carbons (Fsp3) is 0.216. The van der Waals surface area contributed by atoms with Crippen molar-refractivity contribution in [3.8, 4) is 6.07 Å². The molecule has 6 unspecified atom stereocenters. The van der Waals surface area contributed by atoms with Crippen molar-refractivity contribution in [2.45, 2.75) is 43.3 Å². The number of hydrogen-bond donors (Lipinski definition) is 15. The van der Waals surface area contributed by atoms with Gasteiger partial charge in [-0.05, 0) is 5.56 Å². The Morgan fingerprint density at radius 3 is 1.37 bits per heavy atom. The van der Waals surface area contributed by atoms with Crippen LogP contribution in [0.1, 0.15) is 22.7 Å². The molecule has 0 radical (unpaired) electrons. The molecule has 36 nitrogen and oxygen atoms in total. The molecule has 3 rings (SSSR count). The standard InChI is InChI=1S/C37H45N23O13/c38-12-15-10-19(59(70)71)23(20(11-15)60(72)73)57(13-17-8-4-5-9-18(17)58(68)69)21(14-61)29(63)48-22(16-6-2-1-3-7-16)30(64)50-26(54-35(42)43)32(66)52-28(56-37(46)47)33(67)51-27(55-36(44)45)31(65)49-25(24(39)62)53-34(40)41/h1-11,21-22,25-28,61H,13-14H2,(H2,39,62)(H,48,63)(H,49,65)(H,50,64)(H,51,67)(H,52,66)(H4,40,41,53)(H4,42,43,54)(H4,44,45,55)(H4,46,47,56). The molecular formula is C37H45N23O13. The minimum atomic E-state index is -2.30. The molecule has 24 N–H and O–H groups in total. The third-order valence-corrected chi connectivity index (χ3v) is 9.19. The first kappa shape index (κ1) is 56.3. The summed E-state index contributed by atoms with van der Waals surface area (Å²) in [6, 6.07) is 10.0. The van der Waals surface area contributed by atoms with E-state index in [0.717, 1.165) is 12.1 Å². The normalized spacial score (nSPS) is 12.8. The number of nitro groups is 3. The van der Waals surface area contributed by atoms with Crippen LogP contribution in [0.15, 0.2) is 86.7 Å². The molecule has 0 fully saturated rings. The van der Waals surface area contributed by atoms with Crippen LogP contribution < -0.4 is 83.1 Å². The number of aliphatic hydroxyl groups is 1. The van der Waals surface area contributed by atoms with Crippen LogP contribution in [-0.4, -0.2) is 116 Å². The smallest absolute Gasteiger partial charge is 0.301 e. The van der Waals surface area contributed by atoms with Gasteiger partial charge in [-0.2, -0.15) is 5.26 Å². The molecule has 73 heavy (non-hydrogen) atoms. The summed E-state index contributed by atoms with van der Waals surface area (Å²) in [5.41, 5.74) is 43.7. The molecule has 3 aromatic carbocycles. The first-order valence-electron chi connectivity index (χ1n) is 20.0. The van der Waals surface area contributed by atoms with Gasteiger partial charge in [-0.1, -0.05) is 48.5 Å². The van der Waals surface area contributed by atoms with Crippen molar-refractivity contribution in [3.63, 3.8) is 0 Å². The van der Waals surface area contributed by atoms with Crippen molar-refractivity contribution < 1.29 is 48.6 Å². The molecule has 6 amide bonds. The number of carbonyl (C=O) groups is 6. The van der Waals surface area contributed by atoms with E-state index >= 15 is 0 Å². The summed E-state index contributed by atoms with van der Waals surface area (Å²) in [4.78, 5) is 130. The van der Waals surface area contributed by atoms with Gasteiger partial charge in [0, 0.05) is 23.8 Å². The van der Waals surface area contributed by atoms with Crippen LogP contribution in [0.5, 0.6) is 0 Å². The highest BCUT2D eigenvalue weighted by molar-refractivity contribution is 5.99. The molecule has 0 aliphatic carbocycles. The van der Waals surface area contributed by atoms with Crippen LogP contribution >= 0.6 is 0 Å². The van der Waals surface area contributed by atoms with E-state index in [4.69, 9.17) is 51.6 Å². The number of rotatable bonds is 24. The van der Waals surface area contributed by atoms with Crippen molar-refractivity contribution in [1.29, 1.82) is 5.26 Å². The zero-order valence-electron chi connectivity index (χ0n) is 37.3. The number of nitrogens with one attached hydrogen (secondary N) is 5. The Balaban J connectivity index is 2.13. The van der Waals surface area contributed by atoms with Gasteiger partial charge >= 0.3 is 11.4 Å². The number of para-hydroxylation sites is 1. The lowest BCUT2D eigenvalue weighted by molar-refractivity contribution is -0.392. The van der Waals surface area contributed by atoms with E-state index in [1.165, 1.54) is 48.5 Å². The van der Waals surface area contributed by atoms with Crippen LogP contribution in [-0.2, 0) is 35.3 Å². The molecule has 0 saturated carbocycles. The highest BCUT2D eigenvalue weighted by atomic mass is 16.6. The lowest BCUT2D eigenvalue weighted by atomic mass is 10.0. The van der Waals surface area contributed by atoms with Crippen molar-refractivity contribution in [2.24, 2.45) is 71.6 Å². The Bertz CT molecular complexity index is 2770. The highest BCUT2D eigenvalue weighted by Crippen LogP contribution is 2.41. The highest BCUT2D eigenvalue weighted by Gasteiger charge is 2.40.